The van der Waals surface area contributed by atoms with Crippen LogP contribution in [-0.2, 0) is 0 Å². The van der Waals surface area contributed by atoms with Crippen molar-refractivity contribution in [3.63, 3.8) is 0 Å². The van der Waals surface area contributed by atoms with Gasteiger partial charge in [0.2, 0.25) is 0 Å². The summed E-state index contributed by atoms with van der Waals surface area (Å²) in [5.74, 6) is 4.35. The molecule has 0 saturated carbocycles. The van der Waals surface area contributed by atoms with E-state index in [0.717, 1.165) is 0 Å². The molecule has 0 fully saturated rings. The molecule has 0 aliphatic carbocycles. The number of rotatable bonds is 2. The smallest absolute Gasteiger partial charge is 0.00904 e. The summed E-state index contributed by atoms with van der Waals surface area (Å²) in [6, 6.07) is 21.6. The predicted octanol–water partition coefficient (Wildman–Crippen LogP) is 6.18. The van der Waals surface area contributed by atoms with E-state index >= 15 is 0 Å². The van der Waals surface area contributed by atoms with E-state index in [1.807, 2.05) is 0 Å². The molecular formula is C16H12P2. The molecule has 0 unspecified atom stereocenters. The van der Waals surface area contributed by atoms with Crippen LogP contribution in [-0.4, -0.2) is 0 Å². The molecule has 0 N–H and O–H groups in total. The molecule has 0 bridgehead atoms. The normalized spacial score (nSPS) is 11.1. The molecule has 2 heteroatoms. The molecule has 3 rings (SSSR count). The summed E-state index contributed by atoms with van der Waals surface area (Å²) < 4.78 is 0. The summed E-state index contributed by atoms with van der Waals surface area (Å²) in [4.78, 5) is 0. The summed E-state index contributed by atoms with van der Waals surface area (Å²) in [6.07, 6.45) is 0. The first-order chi connectivity index (χ1) is 8.93. The molecule has 2 aromatic heterocycles. The van der Waals surface area contributed by atoms with E-state index in [9.17, 15) is 0 Å². The van der Waals surface area contributed by atoms with Crippen molar-refractivity contribution in [2.75, 3.05) is 0 Å². The fourth-order valence-electron chi connectivity index (χ4n) is 1.90. The van der Waals surface area contributed by atoms with Crippen molar-refractivity contribution >= 4 is 16.4 Å². The van der Waals surface area contributed by atoms with Crippen LogP contribution >= 0.6 is 16.4 Å². The molecular weight excluding hydrogens is 254 g/mol. The van der Waals surface area contributed by atoms with Crippen LogP contribution in [0.5, 0.6) is 0 Å². The van der Waals surface area contributed by atoms with Crippen molar-refractivity contribution < 1.29 is 0 Å². The Morgan fingerprint density at radius 3 is 1.56 bits per heavy atom. The highest BCUT2D eigenvalue weighted by molar-refractivity contribution is 7.33. The highest BCUT2D eigenvalue weighted by Gasteiger charge is 2.01. The topological polar surface area (TPSA) is 0 Å². The van der Waals surface area contributed by atoms with Gasteiger partial charge >= 0.3 is 0 Å². The van der Waals surface area contributed by atoms with Gasteiger partial charge < -0.3 is 0 Å². The van der Waals surface area contributed by atoms with Crippen molar-refractivity contribution in [1.29, 1.82) is 0 Å². The Kier molecular flexibility index (Phi) is 3.51. The Hall–Kier alpha value is -1.48. The molecule has 0 aliphatic rings. The van der Waals surface area contributed by atoms with Crippen LogP contribution in [0.3, 0.4) is 0 Å². The molecule has 2 heterocycles. The first-order valence-corrected chi connectivity index (χ1v) is 7.79. The average Bonchev–Trinajstić information content (AvgIpc) is 2.49. The molecule has 1 aromatic carbocycles. The fraction of sp³-hybridized carbons (Fsp3) is 0. The van der Waals surface area contributed by atoms with Crippen LogP contribution < -0.4 is 0 Å². The summed E-state index contributed by atoms with van der Waals surface area (Å²) in [5.41, 5.74) is 2.64. The maximum absolute atomic E-state index is 2.29. The van der Waals surface area contributed by atoms with Gasteiger partial charge in [0.05, 0.1) is 0 Å². The van der Waals surface area contributed by atoms with Crippen molar-refractivity contribution in [3.05, 3.63) is 72.3 Å². The van der Waals surface area contributed by atoms with Crippen LogP contribution in [0.15, 0.2) is 72.3 Å². The zero-order valence-electron chi connectivity index (χ0n) is 9.82. The van der Waals surface area contributed by atoms with Crippen molar-refractivity contribution in [3.8, 4) is 21.7 Å². The Morgan fingerprint density at radius 1 is 0.556 bits per heavy atom. The third kappa shape index (κ3) is 2.51. The Labute approximate surface area is 111 Å². The lowest BCUT2D eigenvalue weighted by molar-refractivity contribution is 1.67. The zero-order chi connectivity index (χ0) is 12.2. The molecule has 3 aromatic rings. The molecule has 0 spiro atoms. The molecule has 0 atom stereocenters. The molecule has 0 nitrogen and oxygen atoms in total. The molecule has 0 amide bonds. The molecule has 0 saturated heterocycles. The van der Waals surface area contributed by atoms with E-state index in [1.54, 1.807) is 0 Å². The van der Waals surface area contributed by atoms with E-state index in [2.05, 4.69) is 72.3 Å². The summed E-state index contributed by atoms with van der Waals surface area (Å²) in [7, 11) is 2.56. The van der Waals surface area contributed by atoms with Gasteiger partial charge in [-0.15, -0.1) is 0 Å². The van der Waals surface area contributed by atoms with Gasteiger partial charge in [-0.2, -0.15) is 0 Å². The Balaban J connectivity index is 2.05. The summed E-state index contributed by atoms with van der Waals surface area (Å²) in [5, 5.41) is 2.74. The van der Waals surface area contributed by atoms with E-state index in [4.69, 9.17) is 0 Å². The minimum absolute atomic E-state index is 1.28. The monoisotopic (exact) mass is 266 g/mol. The Bertz CT molecular complexity index is 579. The van der Waals surface area contributed by atoms with Gasteiger partial charge in [-0.25, -0.2) is 0 Å². The van der Waals surface area contributed by atoms with E-state index in [1.165, 1.54) is 38.1 Å². The Morgan fingerprint density at radius 2 is 1.11 bits per heavy atom. The van der Waals surface area contributed by atoms with Crippen molar-refractivity contribution in [2.24, 2.45) is 0 Å². The third-order valence-corrected chi connectivity index (χ3v) is 4.80. The van der Waals surface area contributed by atoms with Gasteiger partial charge in [0, 0.05) is 10.6 Å². The number of benzene rings is 1. The maximum atomic E-state index is 2.29. The number of hydrogen-bond donors (Lipinski definition) is 0. The molecule has 0 radical (unpaired) electrons. The zero-order valence-corrected chi connectivity index (χ0v) is 11.6. The van der Waals surface area contributed by atoms with E-state index < -0.39 is 0 Å². The second-order valence-electron chi connectivity index (χ2n) is 4.01. The van der Waals surface area contributed by atoms with Crippen LogP contribution in [0.25, 0.3) is 21.7 Å². The van der Waals surface area contributed by atoms with Crippen molar-refractivity contribution in [2.45, 2.75) is 0 Å². The quantitative estimate of drug-likeness (QED) is 0.519. The largest absolute Gasteiger partial charge is 0.0678 e. The van der Waals surface area contributed by atoms with Gasteiger partial charge in [0.25, 0.3) is 0 Å². The number of hydrogen-bond acceptors (Lipinski definition) is 0. The van der Waals surface area contributed by atoms with Crippen molar-refractivity contribution in [1.82, 2.24) is 0 Å². The summed E-state index contributed by atoms with van der Waals surface area (Å²) in [6.45, 7) is 0. The molecule has 0 aliphatic heterocycles. The lowest BCUT2D eigenvalue weighted by atomic mass is 10.1. The van der Waals surface area contributed by atoms with Crippen LogP contribution in [0.2, 0.25) is 0 Å². The fourth-order valence-corrected chi connectivity index (χ4v) is 3.52. The predicted molar refractivity (Wildman–Crippen MR) is 82.3 cm³/mol. The second kappa shape index (κ2) is 5.44. The minimum atomic E-state index is 1.28. The van der Waals surface area contributed by atoms with Crippen LogP contribution in [0.1, 0.15) is 0 Å². The first-order valence-electron chi connectivity index (χ1n) is 5.86. The first kappa shape index (κ1) is 11.6. The summed E-state index contributed by atoms with van der Waals surface area (Å²) >= 11 is 0. The van der Waals surface area contributed by atoms with Gasteiger partial charge in [-0.3, -0.25) is 0 Å². The SMILES string of the molecule is c1ccc(-c2cccc(-c3ccccp3)c2)pc1. The minimum Gasteiger partial charge on any atom is -0.0678 e. The van der Waals surface area contributed by atoms with Crippen LogP contribution in [0, 0.1) is 0 Å². The lowest BCUT2D eigenvalue weighted by Gasteiger charge is -2.05. The van der Waals surface area contributed by atoms with Gasteiger partial charge in [0.1, 0.15) is 0 Å². The van der Waals surface area contributed by atoms with Crippen LogP contribution in [0.4, 0.5) is 0 Å². The van der Waals surface area contributed by atoms with Gasteiger partial charge in [0.15, 0.2) is 0 Å². The molecule has 86 valence electrons. The van der Waals surface area contributed by atoms with E-state index in [-0.39, 0.29) is 0 Å². The van der Waals surface area contributed by atoms with Gasteiger partial charge in [-0.05, 0) is 40.9 Å². The second-order valence-corrected chi connectivity index (χ2v) is 6.09. The van der Waals surface area contributed by atoms with E-state index in [0.29, 0.717) is 0 Å². The standard InChI is InChI=1S/C16H12P2/c1-3-10-17-15(8-1)13-6-5-7-14(12-13)16-9-2-4-11-18-16/h1-12H. The van der Waals surface area contributed by atoms with Gasteiger partial charge in [-0.1, -0.05) is 58.8 Å². The molecule has 18 heavy (non-hydrogen) atoms. The maximum Gasteiger partial charge on any atom is 0.00904 e. The average molecular weight is 266 g/mol. The highest BCUT2D eigenvalue weighted by Crippen LogP contribution is 2.33. The lowest BCUT2D eigenvalue weighted by Crippen LogP contribution is -1.77. The highest BCUT2D eigenvalue weighted by atomic mass is 31.0. The third-order valence-electron chi connectivity index (χ3n) is 2.78.